The standard InChI is InChI=1S/C14H13Cl2N3/c1-8-9(2)19(14(18)10(8)6-17)7-11-12(15)4-3-5-13(11)16/h3-5H,7,18H2,1-2H3. The molecule has 2 rings (SSSR count). The molecular weight excluding hydrogens is 281 g/mol. The van der Waals surface area contributed by atoms with E-state index in [9.17, 15) is 0 Å². The first-order valence-corrected chi connectivity index (χ1v) is 6.51. The van der Waals surface area contributed by atoms with Crippen LogP contribution in [-0.4, -0.2) is 4.57 Å². The highest BCUT2D eigenvalue weighted by atomic mass is 35.5. The lowest BCUT2D eigenvalue weighted by molar-refractivity contribution is 0.784. The molecule has 0 atom stereocenters. The summed E-state index contributed by atoms with van der Waals surface area (Å²) in [4.78, 5) is 0. The molecule has 0 bridgehead atoms. The topological polar surface area (TPSA) is 54.7 Å². The summed E-state index contributed by atoms with van der Waals surface area (Å²) in [6, 6.07) is 7.50. The molecule has 0 fully saturated rings. The fraction of sp³-hybridized carbons (Fsp3) is 0.214. The number of anilines is 1. The molecule has 0 amide bonds. The number of hydrogen-bond donors (Lipinski definition) is 1. The van der Waals surface area contributed by atoms with Crippen LogP contribution in [0.4, 0.5) is 5.82 Å². The Hall–Kier alpha value is -1.63. The fourth-order valence-electron chi connectivity index (χ4n) is 2.08. The average Bonchev–Trinajstić information content (AvgIpc) is 2.57. The lowest BCUT2D eigenvalue weighted by Gasteiger charge is -2.12. The van der Waals surface area contributed by atoms with E-state index in [0.29, 0.717) is 28.0 Å². The number of hydrogen-bond acceptors (Lipinski definition) is 2. The molecule has 1 heterocycles. The van der Waals surface area contributed by atoms with Gasteiger partial charge in [0.2, 0.25) is 0 Å². The molecule has 0 spiro atoms. The van der Waals surface area contributed by atoms with E-state index >= 15 is 0 Å². The van der Waals surface area contributed by atoms with E-state index in [4.69, 9.17) is 34.2 Å². The van der Waals surface area contributed by atoms with Crippen LogP contribution in [-0.2, 0) is 6.54 Å². The van der Waals surface area contributed by atoms with Crippen LogP contribution in [0, 0.1) is 25.2 Å². The second-order valence-corrected chi connectivity index (χ2v) is 5.18. The molecule has 2 aromatic rings. The number of halogens is 2. The second-order valence-electron chi connectivity index (χ2n) is 4.37. The highest BCUT2D eigenvalue weighted by Gasteiger charge is 2.16. The normalized spacial score (nSPS) is 10.5. The third-order valence-corrected chi connectivity index (χ3v) is 4.07. The molecule has 0 saturated heterocycles. The summed E-state index contributed by atoms with van der Waals surface area (Å²) < 4.78 is 1.86. The number of nitrogens with zero attached hydrogens (tertiary/aromatic N) is 2. The number of rotatable bonds is 2. The average molecular weight is 294 g/mol. The van der Waals surface area contributed by atoms with Gasteiger partial charge in [0.1, 0.15) is 11.9 Å². The maximum absolute atomic E-state index is 9.12. The van der Waals surface area contributed by atoms with Gasteiger partial charge in [0.25, 0.3) is 0 Å². The highest BCUT2D eigenvalue weighted by Crippen LogP contribution is 2.29. The second kappa shape index (κ2) is 5.16. The lowest BCUT2D eigenvalue weighted by atomic mass is 10.2. The Morgan fingerprint density at radius 3 is 2.32 bits per heavy atom. The minimum atomic E-state index is 0.452. The molecule has 5 heteroatoms. The van der Waals surface area contributed by atoms with E-state index in [2.05, 4.69) is 6.07 Å². The quantitative estimate of drug-likeness (QED) is 0.912. The van der Waals surface area contributed by atoms with Gasteiger partial charge in [-0.05, 0) is 31.5 Å². The van der Waals surface area contributed by atoms with Crippen LogP contribution < -0.4 is 5.73 Å². The van der Waals surface area contributed by atoms with Crippen molar-refractivity contribution in [1.82, 2.24) is 4.57 Å². The van der Waals surface area contributed by atoms with Crippen molar-refractivity contribution in [2.45, 2.75) is 20.4 Å². The predicted molar refractivity (Wildman–Crippen MR) is 78.6 cm³/mol. The number of nitriles is 1. The molecule has 0 unspecified atom stereocenters. The summed E-state index contributed by atoms with van der Waals surface area (Å²) in [6.07, 6.45) is 0. The smallest absolute Gasteiger partial charge is 0.122 e. The van der Waals surface area contributed by atoms with Crippen molar-refractivity contribution < 1.29 is 0 Å². The Bertz CT molecular complexity index is 661. The Labute approximate surface area is 122 Å². The fourth-order valence-corrected chi connectivity index (χ4v) is 2.59. The minimum absolute atomic E-state index is 0.452. The SMILES string of the molecule is Cc1c(C#N)c(N)n(Cc2c(Cl)cccc2Cl)c1C. The van der Waals surface area contributed by atoms with Gasteiger partial charge in [0.15, 0.2) is 0 Å². The zero-order chi connectivity index (χ0) is 14.2. The van der Waals surface area contributed by atoms with Gasteiger partial charge in [0, 0.05) is 21.3 Å². The van der Waals surface area contributed by atoms with Gasteiger partial charge in [-0.25, -0.2) is 0 Å². The van der Waals surface area contributed by atoms with Crippen LogP contribution in [0.15, 0.2) is 18.2 Å². The predicted octanol–water partition coefficient (Wildman–Crippen LogP) is 3.91. The van der Waals surface area contributed by atoms with Crippen LogP contribution in [0.2, 0.25) is 10.0 Å². The molecule has 1 aromatic carbocycles. The van der Waals surface area contributed by atoms with Crippen molar-refractivity contribution in [2.24, 2.45) is 0 Å². The number of benzene rings is 1. The van der Waals surface area contributed by atoms with Gasteiger partial charge in [-0.1, -0.05) is 29.3 Å². The van der Waals surface area contributed by atoms with Crippen molar-refractivity contribution in [1.29, 1.82) is 5.26 Å². The molecular formula is C14H13Cl2N3. The van der Waals surface area contributed by atoms with Gasteiger partial charge in [0.05, 0.1) is 12.1 Å². The van der Waals surface area contributed by atoms with Gasteiger partial charge >= 0.3 is 0 Å². The molecule has 0 aliphatic heterocycles. The van der Waals surface area contributed by atoms with Gasteiger partial charge in [-0.2, -0.15) is 5.26 Å². The first-order valence-electron chi connectivity index (χ1n) is 5.75. The maximum Gasteiger partial charge on any atom is 0.122 e. The first kappa shape index (κ1) is 13.8. The lowest BCUT2D eigenvalue weighted by Crippen LogP contribution is -2.07. The van der Waals surface area contributed by atoms with Crippen molar-refractivity contribution in [3.63, 3.8) is 0 Å². The van der Waals surface area contributed by atoms with Gasteiger partial charge in [-0.3, -0.25) is 0 Å². The summed E-state index contributed by atoms with van der Waals surface area (Å²) in [5.74, 6) is 0.452. The van der Waals surface area contributed by atoms with E-state index in [1.807, 2.05) is 18.4 Å². The Kier molecular flexibility index (Phi) is 3.75. The largest absolute Gasteiger partial charge is 0.384 e. The van der Waals surface area contributed by atoms with Crippen LogP contribution in [0.5, 0.6) is 0 Å². The summed E-state index contributed by atoms with van der Waals surface area (Å²) in [5, 5.41) is 10.3. The zero-order valence-corrected chi connectivity index (χ0v) is 12.2. The third kappa shape index (κ3) is 2.30. The minimum Gasteiger partial charge on any atom is -0.384 e. The van der Waals surface area contributed by atoms with Crippen LogP contribution in [0.3, 0.4) is 0 Å². The molecule has 98 valence electrons. The Balaban J connectivity index is 2.54. The number of aromatic nitrogens is 1. The maximum atomic E-state index is 9.12. The van der Waals surface area contributed by atoms with Gasteiger partial charge in [-0.15, -0.1) is 0 Å². The monoisotopic (exact) mass is 293 g/mol. The van der Waals surface area contributed by atoms with E-state index < -0.39 is 0 Å². The Morgan fingerprint density at radius 1 is 1.26 bits per heavy atom. The van der Waals surface area contributed by atoms with E-state index in [1.165, 1.54) is 0 Å². The van der Waals surface area contributed by atoms with Crippen molar-refractivity contribution in [3.05, 3.63) is 50.6 Å². The zero-order valence-electron chi connectivity index (χ0n) is 10.7. The third-order valence-electron chi connectivity index (χ3n) is 3.36. The molecule has 0 radical (unpaired) electrons. The summed E-state index contributed by atoms with van der Waals surface area (Å²) in [5.41, 5.74) is 9.18. The Morgan fingerprint density at radius 2 is 1.84 bits per heavy atom. The first-order chi connectivity index (χ1) is 8.97. The molecule has 1 aromatic heterocycles. The van der Waals surface area contributed by atoms with Gasteiger partial charge < -0.3 is 10.3 Å². The molecule has 19 heavy (non-hydrogen) atoms. The van der Waals surface area contributed by atoms with E-state index in [0.717, 1.165) is 16.8 Å². The van der Waals surface area contributed by atoms with Crippen molar-refractivity contribution in [3.8, 4) is 6.07 Å². The van der Waals surface area contributed by atoms with E-state index in [-0.39, 0.29) is 0 Å². The molecule has 0 aliphatic carbocycles. The molecule has 2 N–H and O–H groups in total. The molecule has 0 saturated carbocycles. The van der Waals surface area contributed by atoms with E-state index in [1.54, 1.807) is 18.2 Å². The van der Waals surface area contributed by atoms with Crippen LogP contribution in [0.25, 0.3) is 0 Å². The summed E-state index contributed by atoms with van der Waals surface area (Å²) in [7, 11) is 0. The highest BCUT2D eigenvalue weighted by molar-refractivity contribution is 6.35. The van der Waals surface area contributed by atoms with Crippen molar-refractivity contribution >= 4 is 29.0 Å². The molecule has 0 aliphatic rings. The number of nitrogens with two attached hydrogens (primary N) is 1. The van der Waals surface area contributed by atoms with Crippen LogP contribution >= 0.6 is 23.2 Å². The van der Waals surface area contributed by atoms with Crippen LogP contribution in [0.1, 0.15) is 22.4 Å². The van der Waals surface area contributed by atoms with Crippen molar-refractivity contribution in [2.75, 3.05) is 5.73 Å². The summed E-state index contributed by atoms with van der Waals surface area (Å²) in [6.45, 7) is 4.27. The molecule has 3 nitrogen and oxygen atoms in total. The summed E-state index contributed by atoms with van der Waals surface area (Å²) >= 11 is 12.3. The number of nitrogen functional groups attached to an aromatic ring is 1.